The molecule has 0 radical (unpaired) electrons. The fourth-order valence-electron chi connectivity index (χ4n) is 1.81. The smallest absolute Gasteiger partial charge is 0.258 e. The number of hydrogen-bond donors (Lipinski definition) is 0. The van der Waals surface area contributed by atoms with Crippen LogP contribution in [0.15, 0.2) is 18.2 Å². The summed E-state index contributed by atoms with van der Waals surface area (Å²) in [6, 6.07) is 6.43. The maximum atomic E-state index is 10.7. The van der Waals surface area contributed by atoms with Gasteiger partial charge in [0.1, 0.15) is 11.6 Å². The van der Waals surface area contributed by atoms with Gasteiger partial charge in [-0.15, -0.1) is 11.6 Å². The summed E-state index contributed by atoms with van der Waals surface area (Å²) in [6.45, 7) is 4.18. The van der Waals surface area contributed by atoms with Gasteiger partial charge in [0.15, 0.2) is 0 Å². The summed E-state index contributed by atoms with van der Waals surface area (Å²) in [5, 5.41) is 19.6. The molecule has 1 unspecified atom stereocenters. The Kier molecular flexibility index (Phi) is 5.11. The van der Waals surface area contributed by atoms with E-state index in [1.807, 2.05) is 6.07 Å². The highest BCUT2D eigenvalue weighted by Crippen LogP contribution is 2.22. The van der Waals surface area contributed by atoms with Crippen LogP contribution in [0.4, 0.5) is 5.69 Å². The Labute approximate surface area is 111 Å². The van der Waals surface area contributed by atoms with Crippen LogP contribution in [-0.2, 0) is 6.42 Å². The average Bonchev–Trinajstić information content (AvgIpc) is 2.27. The molecule has 0 saturated heterocycles. The highest BCUT2D eigenvalue weighted by Gasteiger charge is 2.15. The van der Waals surface area contributed by atoms with Gasteiger partial charge in [-0.3, -0.25) is 10.1 Å². The van der Waals surface area contributed by atoms with E-state index in [2.05, 4.69) is 13.8 Å². The van der Waals surface area contributed by atoms with Crippen molar-refractivity contribution in [1.82, 2.24) is 0 Å². The van der Waals surface area contributed by atoms with Gasteiger partial charge in [-0.25, -0.2) is 0 Å². The number of nitro groups is 1. The zero-order valence-electron chi connectivity index (χ0n) is 10.4. The summed E-state index contributed by atoms with van der Waals surface area (Å²) in [4.78, 5) is 10.1. The van der Waals surface area contributed by atoms with Gasteiger partial charge in [0.2, 0.25) is 0 Å². The van der Waals surface area contributed by atoms with E-state index in [0.717, 1.165) is 12.0 Å². The van der Waals surface area contributed by atoms with E-state index >= 15 is 0 Å². The third-order valence-corrected chi connectivity index (χ3v) is 2.89. The standard InChI is InChI=1S/C13H15ClN2O2/c1-9(2)5-12(14)7-10-3-4-13(16(17)18)11(6-10)8-15/h3-4,6,9,12H,5,7H2,1-2H3. The maximum absolute atomic E-state index is 10.7. The van der Waals surface area contributed by atoms with Crippen molar-refractivity contribution in [2.24, 2.45) is 5.92 Å². The fourth-order valence-corrected chi connectivity index (χ4v) is 2.34. The minimum absolute atomic E-state index is 0.0157. The molecule has 0 bridgehead atoms. The molecule has 1 rings (SSSR count). The summed E-state index contributed by atoms with van der Waals surface area (Å²) in [5.41, 5.74) is 0.792. The summed E-state index contributed by atoms with van der Waals surface area (Å²) in [7, 11) is 0. The van der Waals surface area contributed by atoms with Gasteiger partial charge in [0.05, 0.1) is 4.92 Å². The molecule has 0 saturated carbocycles. The molecular weight excluding hydrogens is 252 g/mol. The number of alkyl halides is 1. The van der Waals surface area contributed by atoms with Crippen LogP contribution in [0.2, 0.25) is 0 Å². The second kappa shape index (κ2) is 6.36. The van der Waals surface area contributed by atoms with E-state index in [1.54, 1.807) is 12.1 Å². The lowest BCUT2D eigenvalue weighted by Crippen LogP contribution is -2.07. The Balaban J connectivity index is 2.87. The minimum Gasteiger partial charge on any atom is -0.258 e. The molecule has 0 heterocycles. The van der Waals surface area contributed by atoms with E-state index < -0.39 is 4.92 Å². The molecular formula is C13H15ClN2O2. The van der Waals surface area contributed by atoms with Crippen LogP contribution in [0.3, 0.4) is 0 Å². The maximum Gasteiger partial charge on any atom is 0.287 e. The summed E-state index contributed by atoms with van der Waals surface area (Å²) in [6.07, 6.45) is 1.49. The SMILES string of the molecule is CC(C)CC(Cl)Cc1ccc([N+](=O)[O-])c(C#N)c1. The summed E-state index contributed by atoms with van der Waals surface area (Å²) in [5.74, 6) is 0.501. The fraction of sp³-hybridized carbons (Fsp3) is 0.462. The van der Waals surface area contributed by atoms with Crippen molar-refractivity contribution >= 4 is 17.3 Å². The monoisotopic (exact) mass is 266 g/mol. The van der Waals surface area contributed by atoms with Crippen molar-refractivity contribution in [2.75, 3.05) is 0 Å². The quantitative estimate of drug-likeness (QED) is 0.464. The molecule has 0 N–H and O–H groups in total. The second-order valence-corrected chi connectivity index (χ2v) is 5.27. The number of benzene rings is 1. The predicted molar refractivity (Wildman–Crippen MR) is 70.6 cm³/mol. The number of nitrogens with zero attached hydrogens (tertiary/aromatic N) is 2. The minimum atomic E-state index is -0.547. The highest BCUT2D eigenvalue weighted by molar-refractivity contribution is 6.20. The zero-order valence-corrected chi connectivity index (χ0v) is 11.1. The summed E-state index contributed by atoms with van der Waals surface area (Å²) >= 11 is 6.19. The number of halogens is 1. The van der Waals surface area contributed by atoms with Crippen LogP contribution >= 0.6 is 11.6 Å². The first kappa shape index (κ1) is 14.5. The molecule has 0 aliphatic rings. The number of hydrogen-bond acceptors (Lipinski definition) is 3. The van der Waals surface area contributed by atoms with Crippen molar-refractivity contribution in [3.05, 3.63) is 39.4 Å². The van der Waals surface area contributed by atoms with Crippen molar-refractivity contribution < 1.29 is 4.92 Å². The molecule has 96 valence electrons. The Bertz CT molecular complexity index is 480. The van der Waals surface area contributed by atoms with Crippen LogP contribution < -0.4 is 0 Å². The van der Waals surface area contributed by atoms with Crippen LogP contribution in [0.5, 0.6) is 0 Å². The highest BCUT2D eigenvalue weighted by atomic mass is 35.5. The van der Waals surface area contributed by atoms with E-state index in [0.29, 0.717) is 12.3 Å². The molecule has 0 spiro atoms. The molecule has 1 atom stereocenters. The van der Waals surface area contributed by atoms with Crippen LogP contribution in [0, 0.1) is 27.4 Å². The Morgan fingerprint density at radius 2 is 2.17 bits per heavy atom. The van der Waals surface area contributed by atoms with E-state index in [1.165, 1.54) is 6.07 Å². The topological polar surface area (TPSA) is 66.9 Å². The molecule has 0 aliphatic carbocycles. The van der Waals surface area contributed by atoms with Crippen molar-refractivity contribution in [2.45, 2.75) is 32.1 Å². The predicted octanol–water partition coefficient (Wildman–Crippen LogP) is 3.66. The Hall–Kier alpha value is -1.60. The van der Waals surface area contributed by atoms with Crippen molar-refractivity contribution in [3.63, 3.8) is 0 Å². The zero-order chi connectivity index (χ0) is 13.7. The van der Waals surface area contributed by atoms with Crippen molar-refractivity contribution in [1.29, 1.82) is 5.26 Å². The molecule has 4 nitrogen and oxygen atoms in total. The van der Waals surface area contributed by atoms with Crippen molar-refractivity contribution in [3.8, 4) is 6.07 Å². The van der Waals surface area contributed by atoms with Crippen LogP contribution in [0.25, 0.3) is 0 Å². The molecule has 18 heavy (non-hydrogen) atoms. The Morgan fingerprint density at radius 3 is 2.67 bits per heavy atom. The van der Waals surface area contributed by atoms with E-state index in [9.17, 15) is 10.1 Å². The third-order valence-electron chi connectivity index (χ3n) is 2.56. The van der Waals surface area contributed by atoms with Gasteiger partial charge in [0, 0.05) is 11.4 Å². The molecule has 0 aliphatic heterocycles. The summed E-state index contributed by atoms with van der Waals surface area (Å²) < 4.78 is 0. The molecule has 1 aromatic rings. The molecule has 5 heteroatoms. The van der Waals surface area contributed by atoms with Gasteiger partial charge >= 0.3 is 0 Å². The second-order valence-electron chi connectivity index (χ2n) is 4.65. The van der Waals surface area contributed by atoms with Gasteiger partial charge in [0.25, 0.3) is 5.69 Å². The molecule has 0 fully saturated rings. The first-order valence-electron chi connectivity index (χ1n) is 5.75. The van der Waals surface area contributed by atoms with Gasteiger partial charge < -0.3 is 0 Å². The molecule has 0 amide bonds. The number of nitro benzene ring substituents is 1. The first-order valence-corrected chi connectivity index (χ1v) is 6.19. The largest absolute Gasteiger partial charge is 0.287 e. The lowest BCUT2D eigenvalue weighted by atomic mass is 10.0. The molecule has 0 aromatic heterocycles. The third kappa shape index (κ3) is 4.01. The van der Waals surface area contributed by atoms with Gasteiger partial charge in [-0.05, 0) is 30.4 Å². The number of nitriles is 1. The lowest BCUT2D eigenvalue weighted by molar-refractivity contribution is -0.385. The number of rotatable bonds is 5. The first-order chi connectivity index (χ1) is 8.43. The molecule has 1 aromatic carbocycles. The normalized spacial score (nSPS) is 12.2. The average molecular weight is 267 g/mol. The van der Waals surface area contributed by atoms with E-state index in [-0.39, 0.29) is 16.6 Å². The Morgan fingerprint density at radius 1 is 1.50 bits per heavy atom. The van der Waals surface area contributed by atoms with Gasteiger partial charge in [-0.1, -0.05) is 19.9 Å². The van der Waals surface area contributed by atoms with Crippen LogP contribution in [0.1, 0.15) is 31.4 Å². The lowest BCUT2D eigenvalue weighted by Gasteiger charge is -2.12. The van der Waals surface area contributed by atoms with E-state index in [4.69, 9.17) is 16.9 Å². The van der Waals surface area contributed by atoms with Crippen LogP contribution in [-0.4, -0.2) is 10.3 Å². The van der Waals surface area contributed by atoms with Gasteiger partial charge in [-0.2, -0.15) is 5.26 Å².